The van der Waals surface area contributed by atoms with E-state index in [2.05, 4.69) is 10.4 Å². The van der Waals surface area contributed by atoms with Crippen LogP contribution in [0.15, 0.2) is 41.3 Å². The average Bonchev–Trinajstić information content (AvgIpc) is 2.35. The van der Waals surface area contributed by atoms with E-state index in [4.69, 9.17) is 17.4 Å². The number of anilines is 1. The van der Waals surface area contributed by atoms with Crippen molar-refractivity contribution in [2.24, 2.45) is 5.84 Å². The van der Waals surface area contributed by atoms with Crippen molar-refractivity contribution >= 4 is 17.4 Å². The first-order valence-electron chi connectivity index (χ1n) is 4.98. The highest BCUT2D eigenvalue weighted by atomic mass is 35.5. The van der Waals surface area contributed by atoms with Crippen LogP contribution in [-0.2, 0) is 6.54 Å². The van der Waals surface area contributed by atoms with Crippen molar-refractivity contribution in [3.63, 3.8) is 0 Å². The number of rotatable bonds is 3. The molecule has 88 valence electrons. The topological polar surface area (TPSA) is 72.9 Å². The van der Waals surface area contributed by atoms with E-state index in [-0.39, 0.29) is 5.56 Å². The first-order chi connectivity index (χ1) is 8.20. The molecule has 0 atom stereocenters. The summed E-state index contributed by atoms with van der Waals surface area (Å²) in [4.78, 5) is 15.7. The predicted molar refractivity (Wildman–Crippen MR) is 66.9 cm³/mol. The van der Waals surface area contributed by atoms with Crippen LogP contribution in [0, 0.1) is 0 Å². The summed E-state index contributed by atoms with van der Waals surface area (Å²) in [6, 6.07) is 8.30. The molecule has 6 heteroatoms. The lowest BCUT2D eigenvalue weighted by Crippen LogP contribution is -2.19. The molecule has 0 amide bonds. The number of nitrogen functional groups attached to an aromatic ring is 1. The second-order valence-corrected chi connectivity index (χ2v) is 3.84. The van der Waals surface area contributed by atoms with Gasteiger partial charge in [0.05, 0.1) is 17.3 Å². The molecule has 0 radical (unpaired) electrons. The molecule has 0 unspecified atom stereocenters. The van der Waals surface area contributed by atoms with Crippen LogP contribution in [0.3, 0.4) is 0 Å². The summed E-state index contributed by atoms with van der Waals surface area (Å²) in [5.41, 5.74) is 2.93. The lowest BCUT2D eigenvalue weighted by molar-refractivity contribution is 0.740. The van der Waals surface area contributed by atoms with E-state index >= 15 is 0 Å². The molecule has 0 fully saturated rings. The Hall–Kier alpha value is -1.85. The van der Waals surface area contributed by atoms with E-state index in [1.54, 1.807) is 30.5 Å². The molecule has 0 aromatic carbocycles. The molecule has 2 aromatic heterocycles. The van der Waals surface area contributed by atoms with Gasteiger partial charge < -0.3 is 9.99 Å². The molecule has 2 heterocycles. The molecule has 17 heavy (non-hydrogen) atoms. The number of nitrogens with one attached hydrogen (secondary N) is 1. The third kappa shape index (κ3) is 2.64. The van der Waals surface area contributed by atoms with Crippen molar-refractivity contribution in [2.75, 3.05) is 5.43 Å². The van der Waals surface area contributed by atoms with Crippen molar-refractivity contribution in [3.05, 3.63) is 57.6 Å². The molecular weight excluding hydrogens is 240 g/mol. The Morgan fingerprint density at radius 1 is 1.35 bits per heavy atom. The number of hydrogen-bond acceptors (Lipinski definition) is 4. The Kier molecular flexibility index (Phi) is 3.41. The van der Waals surface area contributed by atoms with Crippen LogP contribution in [-0.4, -0.2) is 9.55 Å². The van der Waals surface area contributed by atoms with Crippen molar-refractivity contribution < 1.29 is 0 Å². The number of halogens is 1. The van der Waals surface area contributed by atoms with Gasteiger partial charge in [-0.25, -0.2) is 10.8 Å². The summed E-state index contributed by atoms with van der Waals surface area (Å²) in [6.07, 6.45) is 1.68. The van der Waals surface area contributed by atoms with Crippen LogP contribution in [0.25, 0.3) is 0 Å². The van der Waals surface area contributed by atoms with Crippen molar-refractivity contribution in [3.8, 4) is 0 Å². The maximum absolute atomic E-state index is 11.5. The summed E-state index contributed by atoms with van der Waals surface area (Å²) in [7, 11) is 0. The van der Waals surface area contributed by atoms with Gasteiger partial charge in [0.15, 0.2) is 0 Å². The second kappa shape index (κ2) is 4.99. The molecule has 0 bridgehead atoms. The molecule has 0 saturated carbocycles. The zero-order valence-electron chi connectivity index (χ0n) is 8.93. The Morgan fingerprint density at radius 2 is 2.18 bits per heavy atom. The Labute approximate surface area is 103 Å². The largest absolute Gasteiger partial charge is 0.309 e. The van der Waals surface area contributed by atoms with Gasteiger partial charge in [0.25, 0.3) is 5.56 Å². The minimum absolute atomic E-state index is 0.100. The Bertz CT molecular complexity index is 582. The van der Waals surface area contributed by atoms with Gasteiger partial charge in [-0.05, 0) is 18.2 Å². The van der Waals surface area contributed by atoms with Gasteiger partial charge in [-0.1, -0.05) is 17.7 Å². The van der Waals surface area contributed by atoms with Crippen molar-refractivity contribution in [2.45, 2.75) is 6.54 Å². The Balaban J connectivity index is 2.36. The van der Waals surface area contributed by atoms with Crippen molar-refractivity contribution in [1.82, 2.24) is 9.55 Å². The third-order valence-electron chi connectivity index (χ3n) is 2.29. The summed E-state index contributed by atoms with van der Waals surface area (Å²) >= 11 is 6.01. The maximum atomic E-state index is 11.5. The summed E-state index contributed by atoms with van der Waals surface area (Å²) in [5, 5.41) is 0.500. The van der Waals surface area contributed by atoms with E-state index in [0.29, 0.717) is 23.1 Å². The third-order valence-corrected chi connectivity index (χ3v) is 2.63. The smallest absolute Gasteiger partial charge is 0.250 e. The quantitative estimate of drug-likeness (QED) is 0.635. The van der Waals surface area contributed by atoms with Gasteiger partial charge in [-0.15, -0.1) is 0 Å². The zero-order valence-corrected chi connectivity index (χ0v) is 9.69. The van der Waals surface area contributed by atoms with Crippen LogP contribution in [0.5, 0.6) is 0 Å². The molecule has 0 aliphatic heterocycles. The molecule has 3 N–H and O–H groups in total. The highest BCUT2D eigenvalue weighted by Crippen LogP contribution is 2.16. The fourth-order valence-corrected chi connectivity index (χ4v) is 1.59. The Morgan fingerprint density at radius 3 is 2.88 bits per heavy atom. The van der Waals surface area contributed by atoms with Gasteiger partial charge in [0, 0.05) is 12.3 Å². The zero-order chi connectivity index (χ0) is 12.3. The van der Waals surface area contributed by atoms with Gasteiger partial charge in [0.2, 0.25) is 0 Å². The lowest BCUT2D eigenvalue weighted by atomic mass is 10.3. The van der Waals surface area contributed by atoms with E-state index in [1.165, 1.54) is 10.6 Å². The molecule has 5 nitrogen and oxygen atoms in total. The van der Waals surface area contributed by atoms with E-state index in [9.17, 15) is 4.79 Å². The lowest BCUT2D eigenvalue weighted by Gasteiger charge is -2.08. The van der Waals surface area contributed by atoms with E-state index < -0.39 is 0 Å². The second-order valence-electron chi connectivity index (χ2n) is 3.44. The van der Waals surface area contributed by atoms with Gasteiger partial charge >= 0.3 is 0 Å². The van der Waals surface area contributed by atoms with Gasteiger partial charge in [0.1, 0.15) is 5.82 Å². The molecule has 0 aliphatic rings. The first-order valence-corrected chi connectivity index (χ1v) is 5.36. The minimum Gasteiger partial charge on any atom is -0.309 e. The monoisotopic (exact) mass is 250 g/mol. The molecular formula is C11H11ClN4O. The first kappa shape index (κ1) is 11.6. The number of nitrogens with two attached hydrogens (primary N) is 1. The SMILES string of the molecule is NNc1ccc(Cl)c(Cn2ccccc2=O)n1. The molecule has 2 rings (SSSR count). The standard InChI is InChI=1S/C11H11ClN4O/c12-8-4-5-10(15-13)14-9(8)7-16-6-2-1-3-11(16)17/h1-6H,7,13H2,(H,14,15). The number of nitrogens with zero attached hydrogens (tertiary/aromatic N) is 2. The highest BCUT2D eigenvalue weighted by Gasteiger charge is 2.05. The average molecular weight is 251 g/mol. The molecule has 0 saturated heterocycles. The van der Waals surface area contributed by atoms with E-state index in [1.807, 2.05) is 0 Å². The van der Waals surface area contributed by atoms with Crippen LogP contribution in [0.1, 0.15) is 5.69 Å². The normalized spacial score (nSPS) is 10.2. The van der Waals surface area contributed by atoms with Crippen LogP contribution in [0.4, 0.5) is 5.82 Å². The number of hydrogen-bond donors (Lipinski definition) is 2. The van der Waals surface area contributed by atoms with Gasteiger partial charge in [-0.2, -0.15) is 0 Å². The van der Waals surface area contributed by atoms with E-state index in [0.717, 1.165) is 0 Å². The number of hydrazine groups is 1. The predicted octanol–water partition coefficient (Wildman–Crippen LogP) is 1.23. The summed E-state index contributed by atoms with van der Waals surface area (Å²) < 4.78 is 1.52. The molecule has 2 aromatic rings. The fraction of sp³-hybridized carbons (Fsp3) is 0.0909. The highest BCUT2D eigenvalue weighted by molar-refractivity contribution is 6.31. The fourth-order valence-electron chi connectivity index (χ4n) is 1.43. The maximum Gasteiger partial charge on any atom is 0.250 e. The summed E-state index contributed by atoms with van der Waals surface area (Å²) in [6.45, 7) is 0.314. The van der Waals surface area contributed by atoms with Crippen molar-refractivity contribution in [1.29, 1.82) is 0 Å². The van der Waals surface area contributed by atoms with Gasteiger partial charge in [-0.3, -0.25) is 4.79 Å². The van der Waals surface area contributed by atoms with Crippen LogP contribution in [0.2, 0.25) is 5.02 Å². The number of aromatic nitrogens is 2. The molecule has 0 spiro atoms. The molecule has 0 aliphatic carbocycles. The minimum atomic E-state index is -0.100. The number of pyridine rings is 2. The van der Waals surface area contributed by atoms with Crippen LogP contribution < -0.4 is 16.8 Å². The van der Waals surface area contributed by atoms with Crippen LogP contribution >= 0.6 is 11.6 Å². The summed E-state index contributed by atoms with van der Waals surface area (Å²) in [5.74, 6) is 5.78.